The minimum absolute atomic E-state index is 0.475. The van der Waals surface area contributed by atoms with Gasteiger partial charge in [-0.05, 0) is 25.0 Å². The van der Waals surface area contributed by atoms with E-state index >= 15 is 0 Å². The van der Waals surface area contributed by atoms with E-state index in [0.29, 0.717) is 11.9 Å². The average molecular weight is 200 g/mol. The molecule has 1 aliphatic rings. The van der Waals surface area contributed by atoms with E-state index in [1.165, 1.54) is 12.8 Å². The number of hydrogen-bond acceptors (Lipinski definition) is 3. The van der Waals surface area contributed by atoms with Gasteiger partial charge in [-0.3, -0.25) is 0 Å². The van der Waals surface area contributed by atoms with Crippen molar-refractivity contribution in [2.24, 2.45) is 0 Å². The van der Waals surface area contributed by atoms with Gasteiger partial charge in [-0.25, -0.2) is 0 Å². The summed E-state index contributed by atoms with van der Waals surface area (Å²) in [7, 11) is 0. The van der Waals surface area contributed by atoms with E-state index < -0.39 is 0 Å². The molecule has 4 heteroatoms. The van der Waals surface area contributed by atoms with Crippen molar-refractivity contribution >= 4 is 5.95 Å². The molecular weight excluding hydrogens is 188 g/mol. The van der Waals surface area contributed by atoms with Crippen molar-refractivity contribution in [1.82, 2.24) is 14.8 Å². The molecule has 0 amide bonds. The van der Waals surface area contributed by atoms with Crippen molar-refractivity contribution in [3.8, 4) is 5.69 Å². The first-order valence-electron chi connectivity index (χ1n) is 5.12. The first kappa shape index (κ1) is 8.47. The first-order valence-corrected chi connectivity index (χ1v) is 5.12. The fourth-order valence-electron chi connectivity index (χ4n) is 1.61. The molecule has 0 radical (unpaired) electrons. The molecule has 0 aliphatic heterocycles. The molecular formula is C11H12N4. The predicted octanol–water partition coefficient (Wildman–Crippen LogP) is 1.73. The van der Waals surface area contributed by atoms with Gasteiger partial charge >= 0.3 is 0 Å². The second kappa shape index (κ2) is 3.08. The molecule has 76 valence electrons. The molecule has 0 atom stereocenters. The van der Waals surface area contributed by atoms with Crippen LogP contribution in [0.1, 0.15) is 24.6 Å². The summed E-state index contributed by atoms with van der Waals surface area (Å²) >= 11 is 0. The molecule has 15 heavy (non-hydrogen) atoms. The van der Waals surface area contributed by atoms with E-state index in [0.717, 1.165) is 11.5 Å². The Bertz CT molecular complexity index is 471. The predicted molar refractivity (Wildman–Crippen MR) is 57.7 cm³/mol. The highest BCUT2D eigenvalue weighted by atomic mass is 15.4. The van der Waals surface area contributed by atoms with Gasteiger partial charge in [0.1, 0.15) is 0 Å². The van der Waals surface area contributed by atoms with Gasteiger partial charge in [0.25, 0.3) is 0 Å². The van der Waals surface area contributed by atoms with Crippen LogP contribution in [-0.2, 0) is 0 Å². The van der Waals surface area contributed by atoms with Gasteiger partial charge in [-0.15, -0.1) is 5.10 Å². The Balaban J connectivity index is 2.04. The number of nitrogens with zero attached hydrogens (tertiary/aromatic N) is 3. The van der Waals surface area contributed by atoms with E-state index in [4.69, 9.17) is 5.73 Å². The van der Waals surface area contributed by atoms with E-state index in [9.17, 15) is 0 Å². The zero-order chi connectivity index (χ0) is 10.3. The molecule has 0 bridgehead atoms. The van der Waals surface area contributed by atoms with Crippen LogP contribution in [0, 0.1) is 0 Å². The third kappa shape index (κ3) is 1.48. The summed E-state index contributed by atoms with van der Waals surface area (Å²) in [6.45, 7) is 0. The van der Waals surface area contributed by atoms with Crippen LogP contribution < -0.4 is 5.73 Å². The zero-order valence-corrected chi connectivity index (χ0v) is 8.30. The SMILES string of the molecule is Nc1nc(C2CC2)nn1-c1ccccc1. The maximum Gasteiger partial charge on any atom is 0.223 e. The Labute approximate surface area is 87.7 Å². The Hall–Kier alpha value is -1.84. The number of para-hydroxylation sites is 1. The summed E-state index contributed by atoms with van der Waals surface area (Å²) in [4.78, 5) is 4.28. The number of nitrogen functional groups attached to an aromatic ring is 1. The molecule has 3 rings (SSSR count). The number of rotatable bonds is 2. The van der Waals surface area contributed by atoms with Gasteiger partial charge in [0.05, 0.1) is 5.69 Å². The highest BCUT2D eigenvalue weighted by Crippen LogP contribution is 2.38. The number of anilines is 1. The Morgan fingerprint density at radius 1 is 1.20 bits per heavy atom. The zero-order valence-electron chi connectivity index (χ0n) is 8.30. The Morgan fingerprint density at radius 2 is 1.93 bits per heavy atom. The third-order valence-electron chi connectivity index (χ3n) is 2.59. The van der Waals surface area contributed by atoms with Crippen LogP contribution in [0.5, 0.6) is 0 Å². The van der Waals surface area contributed by atoms with Gasteiger partial charge in [0.2, 0.25) is 5.95 Å². The van der Waals surface area contributed by atoms with Crippen LogP contribution in [0.4, 0.5) is 5.95 Å². The molecule has 1 aromatic carbocycles. The Kier molecular flexibility index (Phi) is 1.74. The molecule has 0 spiro atoms. The molecule has 0 saturated heterocycles. The maximum absolute atomic E-state index is 5.83. The van der Waals surface area contributed by atoms with Crippen molar-refractivity contribution in [2.45, 2.75) is 18.8 Å². The summed E-state index contributed by atoms with van der Waals surface area (Å²) < 4.78 is 1.70. The summed E-state index contributed by atoms with van der Waals surface area (Å²) in [6.07, 6.45) is 2.39. The lowest BCUT2D eigenvalue weighted by Gasteiger charge is -2.00. The van der Waals surface area contributed by atoms with Crippen molar-refractivity contribution in [2.75, 3.05) is 5.73 Å². The second-order valence-corrected chi connectivity index (χ2v) is 3.85. The molecule has 2 aromatic rings. The standard InChI is InChI=1S/C11H12N4/c12-11-13-10(8-6-7-8)14-15(11)9-4-2-1-3-5-9/h1-5,8H,6-7H2,(H2,12,13,14). The van der Waals surface area contributed by atoms with E-state index in [2.05, 4.69) is 10.1 Å². The minimum Gasteiger partial charge on any atom is -0.368 e. The van der Waals surface area contributed by atoms with Crippen molar-refractivity contribution in [1.29, 1.82) is 0 Å². The third-order valence-corrected chi connectivity index (χ3v) is 2.59. The summed E-state index contributed by atoms with van der Waals surface area (Å²) in [5.41, 5.74) is 6.80. The molecule has 1 aliphatic carbocycles. The molecule has 1 aromatic heterocycles. The quantitative estimate of drug-likeness (QED) is 0.803. The number of nitrogens with two attached hydrogens (primary N) is 1. The molecule has 1 fully saturated rings. The van der Waals surface area contributed by atoms with E-state index in [-0.39, 0.29) is 0 Å². The van der Waals surface area contributed by atoms with Crippen molar-refractivity contribution in [3.63, 3.8) is 0 Å². The molecule has 1 heterocycles. The fraction of sp³-hybridized carbons (Fsp3) is 0.273. The van der Waals surface area contributed by atoms with Gasteiger partial charge in [-0.2, -0.15) is 9.67 Å². The fourth-order valence-corrected chi connectivity index (χ4v) is 1.61. The second-order valence-electron chi connectivity index (χ2n) is 3.85. The molecule has 4 nitrogen and oxygen atoms in total. The normalized spacial score (nSPS) is 15.5. The topological polar surface area (TPSA) is 56.7 Å². The lowest BCUT2D eigenvalue weighted by molar-refractivity contribution is 0.840. The molecule has 2 N–H and O–H groups in total. The summed E-state index contributed by atoms with van der Waals surface area (Å²) in [5.74, 6) is 1.90. The number of benzene rings is 1. The summed E-state index contributed by atoms with van der Waals surface area (Å²) in [5, 5.41) is 4.42. The van der Waals surface area contributed by atoms with Crippen LogP contribution in [-0.4, -0.2) is 14.8 Å². The highest BCUT2D eigenvalue weighted by molar-refractivity contribution is 5.37. The molecule has 1 saturated carbocycles. The molecule has 0 unspecified atom stereocenters. The first-order chi connectivity index (χ1) is 7.34. The van der Waals surface area contributed by atoms with Gasteiger partial charge in [-0.1, -0.05) is 18.2 Å². The van der Waals surface area contributed by atoms with Crippen LogP contribution in [0.3, 0.4) is 0 Å². The van der Waals surface area contributed by atoms with Crippen LogP contribution in [0.25, 0.3) is 5.69 Å². The average Bonchev–Trinajstić information content (AvgIpc) is 3.04. The van der Waals surface area contributed by atoms with E-state index in [1.54, 1.807) is 4.68 Å². The van der Waals surface area contributed by atoms with Crippen molar-refractivity contribution < 1.29 is 0 Å². The van der Waals surface area contributed by atoms with Crippen LogP contribution in [0.15, 0.2) is 30.3 Å². The number of hydrogen-bond donors (Lipinski definition) is 1. The number of aromatic nitrogens is 3. The minimum atomic E-state index is 0.475. The van der Waals surface area contributed by atoms with Gasteiger partial charge in [0.15, 0.2) is 5.82 Å². The van der Waals surface area contributed by atoms with Crippen LogP contribution in [0.2, 0.25) is 0 Å². The van der Waals surface area contributed by atoms with Gasteiger partial charge < -0.3 is 5.73 Å². The largest absolute Gasteiger partial charge is 0.368 e. The van der Waals surface area contributed by atoms with Crippen LogP contribution >= 0.6 is 0 Å². The van der Waals surface area contributed by atoms with Gasteiger partial charge in [0, 0.05) is 5.92 Å². The maximum atomic E-state index is 5.83. The van der Waals surface area contributed by atoms with Crippen molar-refractivity contribution in [3.05, 3.63) is 36.2 Å². The van der Waals surface area contributed by atoms with E-state index in [1.807, 2.05) is 30.3 Å². The summed E-state index contributed by atoms with van der Waals surface area (Å²) in [6, 6.07) is 9.85. The lowest BCUT2D eigenvalue weighted by Crippen LogP contribution is -2.01. The Morgan fingerprint density at radius 3 is 2.60 bits per heavy atom. The lowest BCUT2D eigenvalue weighted by atomic mass is 10.3. The smallest absolute Gasteiger partial charge is 0.223 e. The highest BCUT2D eigenvalue weighted by Gasteiger charge is 2.28. The monoisotopic (exact) mass is 200 g/mol.